The first-order chi connectivity index (χ1) is 5.06. The van der Waals surface area contributed by atoms with Gasteiger partial charge in [0.1, 0.15) is 0 Å². The number of hydrogen-bond donors (Lipinski definition) is 1. The number of rotatable bonds is 3. The number of hydrogen-bond acceptors (Lipinski definition) is 3. The summed E-state index contributed by atoms with van der Waals surface area (Å²) in [6.07, 6.45) is 2.14. The molecule has 0 aliphatic heterocycles. The summed E-state index contributed by atoms with van der Waals surface area (Å²) in [6.45, 7) is 3.26. The summed E-state index contributed by atoms with van der Waals surface area (Å²) in [5.41, 5.74) is 0. The summed E-state index contributed by atoms with van der Waals surface area (Å²) >= 11 is 1.19. The monoisotopic (exact) mass is 175 g/mol. The second-order valence-electron chi connectivity index (χ2n) is 2.38. The molecule has 64 valence electrons. The third-order valence-corrected chi connectivity index (χ3v) is 1.77. The SMILES string of the molecule is CSC(=O)CC(C)NC(C)=O. The predicted molar refractivity (Wildman–Crippen MR) is 46.4 cm³/mol. The van der Waals surface area contributed by atoms with Gasteiger partial charge in [-0.25, -0.2) is 0 Å². The van der Waals surface area contributed by atoms with Gasteiger partial charge in [0.2, 0.25) is 5.91 Å². The highest BCUT2D eigenvalue weighted by atomic mass is 32.2. The molecule has 0 aliphatic carbocycles. The third kappa shape index (κ3) is 5.91. The Kier molecular flexibility index (Phi) is 4.94. The summed E-state index contributed by atoms with van der Waals surface area (Å²) in [7, 11) is 0. The van der Waals surface area contributed by atoms with Crippen LogP contribution in [0.2, 0.25) is 0 Å². The maximum absolute atomic E-state index is 10.8. The zero-order valence-electron chi connectivity index (χ0n) is 7.01. The molecule has 3 nitrogen and oxygen atoms in total. The summed E-state index contributed by atoms with van der Waals surface area (Å²) in [5, 5.41) is 2.74. The highest BCUT2D eigenvalue weighted by Crippen LogP contribution is 2.02. The Morgan fingerprint density at radius 1 is 1.55 bits per heavy atom. The van der Waals surface area contributed by atoms with Crippen LogP contribution < -0.4 is 5.32 Å². The highest BCUT2D eigenvalue weighted by Gasteiger charge is 2.07. The van der Waals surface area contributed by atoms with E-state index in [0.717, 1.165) is 0 Å². The van der Waals surface area contributed by atoms with Gasteiger partial charge < -0.3 is 5.32 Å². The van der Waals surface area contributed by atoms with Crippen LogP contribution in [0.1, 0.15) is 20.3 Å². The lowest BCUT2D eigenvalue weighted by atomic mass is 10.2. The van der Waals surface area contributed by atoms with Gasteiger partial charge in [-0.1, -0.05) is 11.8 Å². The number of carbonyl (C=O) groups excluding carboxylic acids is 2. The second-order valence-corrected chi connectivity index (χ2v) is 3.25. The van der Waals surface area contributed by atoms with Crippen molar-refractivity contribution in [3.05, 3.63) is 0 Å². The van der Waals surface area contributed by atoms with E-state index in [1.54, 1.807) is 6.26 Å². The average Bonchev–Trinajstić information content (AvgIpc) is 1.85. The van der Waals surface area contributed by atoms with Crippen LogP contribution in [0.4, 0.5) is 0 Å². The fourth-order valence-electron chi connectivity index (χ4n) is 0.731. The van der Waals surface area contributed by atoms with Crippen molar-refractivity contribution in [2.24, 2.45) is 0 Å². The molecule has 1 unspecified atom stereocenters. The van der Waals surface area contributed by atoms with E-state index >= 15 is 0 Å². The molecule has 0 aliphatic rings. The molecule has 0 spiro atoms. The van der Waals surface area contributed by atoms with Crippen LogP contribution in [0.25, 0.3) is 0 Å². The number of carbonyl (C=O) groups is 2. The van der Waals surface area contributed by atoms with Gasteiger partial charge in [0.05, 0.1) is 0 Å². The molecule has 0 heterocycles. The summed E-state index contributed by atoms with van der Waals surface area (Å²) in [5.74, 6) is -0.0913. The smallest absolute Gasteiger partial charge is 0.217 e. The first-order valence-electron chi connectivity index (χ1n) is 3.40. The maximum Gasteiger partial charge on any atom is 0.217 e. The molecule has 1 atom stereocenters. The molecular formula is C7H13NO2S. The molecule has 0 aromatic carbocycles. The molecule has 1 N–H and O–H groups in total. The normalized spacial score (nSPS) is 12.3. The molecule has 11 heavy (non-hydrogen) atoms. The number of amides is 1. The van der Waals surface area contributed by atoms with E-state index in [4.69, 9.17) is 0 Å². The minimum Gasteiger partial charge on any atom is -0.353 e. The van der Waals surface area contributed by atoms with Crippen molar-refractivity contribution in [1.29, 1.82) is 0 Å². The summed E-state index contributed by atoms with van der Waals surface area (Å²) in [4.78, 5) is 21.3. The van der Waals surface area contributed by atoms with Crippen molar-refractivity contribution >= 4 is 22.8 Å². The van der Waals surface area contributed by atoms with Crippen molar-refractivity contribution in [3.8, 4) is 0 Å². The molecule has 0 rings (SSSR count). The van der Waals surface area contributed by atoms with Crippen LogP contribution in [-0.2, 0) is 9.59 Å². The fraction of sp³-hybridized carbons (Fsp3) is 0.714. The summed E-state index contributed by atoms with van der Waals surface area (Å²) < 4.78 is 0. The molecule has 0 aromatic heterocycles. The van der Waals surface area contributed by atoms with E-state index in [1.807, 2.05) is 6.92 Å². The minimum atomic E-state index is -0.0913. The van der Waals surface area contributed by atoms with Gasteiger partial charge in [-0.2, -0.15) is 0 Å². The van der Waals surface area contributed by atoms with Gasteiger partial charge in [-0.05, 0) is 13.2 Å². The van der Waals surface area contributed by atoms with Crippen LogP contribution in [0.3, 0.4) is 0 Å². The van der Waals surface area contributed by atoms with Crippen LogP contribution in [-0.4, -0.2) is 23.3 Å². The molecule has 4 heteroatoms. The van der Waals surface area contributed by atoms with Crippen molar-refractivity contribution in [2.45, 2.75) is 26.3 Å². The van der Waals surface area contributed by atoms with Crippen molar-refractivity contribution in [2.75, 3.05) is 6.26 Å². The highest BCUT2D eigenvalue weighted by molar-refractivity contribution is 8.13. The fourth-order valence-corrected chi connectivity index (χ4v) is 1.15. The Labute approximate surface area is 70.9 Å². The van der Waals surface area contributed by atoms with Gasteiger partial charge in [0.25, 0.3) is 0 Å². The number of thioether (sulfide) groups is 1. The molecule has 0 saturated carbocycles. The van der Waals surface area contributed by atoms with Crippen LogP contribution >= 0.6 is 11.8 Å². The zero-order chi connectivity index (χ0) is 8.85. The standard InChI is InChI=1S/C7H13NO2S/c1-5(8-6(2)9)4-7(10)11-3/h5H,4H2,1-3H3,(H,8,9). The molecule has 1 amide bonds. The van der Waals surface area contributed by atoms with E-state index in [9.17, 15) is 9.59 Å². The average molecular weight is 175 g/mol. The summed E-state index contributed by atoms with van der Waals surface area (Å²) in [6, 6.07) is -0.0487. The third-order valence-electron chi connectivity index (χ3n) is 1.15. The second kappa shape index (κ2) is 5.18. The van der Waals surface area contributed by atoms with Crippen LogP contribution in [0.5, 0.6) is 0 Å². The Hall–Kier alpha value is -0.510. The van der Waals surface area contributed by atoms with E-state index in [1.165, 1.54) is 18.7 Å². The minimum absolute atomic E-state index is 0.0487. The van der Waals surface area contributed by atoms with Gasteiger partial charge in [-0.3, -0.25) is 9.59 Å². The van der Waals surface area contributed by atoms with Gasteiger partial charge in [-0.15, -0.1) is 0 Å². The Morgan fingerprint density at radius 3 is 2.45 bits per heavy atom. The van der Waals surface area contributed by atoms with Crippen LogP contribution in [0, 0.1) is 0 Å². The molecule has 0 fully saturated rings. The Bertz CT molecular complexity index is 159. The largest absolute Gasteiger partial charge is 0.353 e. The van der Waals surface area contributed by atoms with E-state index in [0.29, 0.717) is 6.42 Å². The van der Waals surface area contributed by atoms with Crippen LogP contribution in [0.15, 0.2) is 0 Å². The lowest BCUT2D eigenvalue weighted by molar-refractivity contribution is -0.119. The molecule has 0 radical (unpaired) electrons. The number of nitrogens with one attached hydrogen (secondary N) is 1. The predicted octanol–water partition coefficient (Wildman–Crippen LogP) is 0.791. The lowest BCUT2D eigenvalue weighted by Gasteiger charge is -2.09. The van der Waals surface area contributed by atoms with Crippen molar-refractivity contribution < 1.29 is 9.59 Å². The zero-order valence-corrected chi connectivity index (χ0v) is 7.83. The maximum atomic E-state index is 10.8. The van der Waals surface area contributed by atoms with Gasteiger partial charge in [0.15, 0.2) is 5.12 Å². The first-order valence-corrected chi connectivity index (χ1v) is 4.62. The van der Waals surface area contributed by atoms with Gasteiger partial charge >= 0.3 is 0 Å². The molecule has 0 saturated heterocycles. The first kappa shape index (κ1) is 10.5. The van der Waals surface area contributed by atoms with E-state index in [-0.39, 0.29) is 17.1 Å². The topological polar surface area (TPSA) is 46.2 Å². The molecule has 0 bridgehead atoms. The molecular weight excluding hydrogens is 162 g/mol. The Balaban J connectivity index is 3.60. The van der Waals surface area contributed by atoms with E-state index in [2.05, 4.69) is 5.32 Å². The lowest BCUT2D eigenvalue weighted by Crippen LogP contribution is -2.31. The van der Waals surface area contributed by atoms with E-state index < -0.39 is 0 Å². The molecule has 0 aromatic rings. The Morgan fingerprint density at radius 2 is 2.09 bits per heavy atom. The van der Waals surface area contributed by atoms with Crippen molar-refractivity contribution in [1.82, 2.24) is 5.32 Å². The van der Waals surface area contributed by atoms with Crippen molar-refractivity contribution in [3.63, 3.8) is 0 Å². The van der Waals surface area contributed by atoms with Gasteiger partial charge in [0, 0.05) is 19.4 Å². The quantitative estimate of drug-likeness (QED) is 0.690.